The van der Waals surface area contributed by atoms with E-state index in [4.69, 9.17) is 16.7 Å². The summed E-state index contributed by atoms with van der Waals surface area (Å²) in [4.78, 5) is 1.86. The molecule has 0 aromatic heterocycles. The van der Waals surface area contributed by atoms with E-state index < -0.39 is 6.10 Å². The third-order valence-electron chi connectivity index (χ3n) is 1.96. The Balaban J connectivity index is 2.60. The molecule has 0 spiro atoms. The number of likely N-dealkylation sites (N-methyl/N-ethyl adjacent to an activating group) is 1. The summed E-state index contributed by atoms with van der Waals surface area (Å²) in [5.41, 5.74) is 0.960. The van der Waals surface area contributed by atoms with Crippen LogP contribution in [0.1, 0.15) is 0 Å². The Labute approximate surface area is 88.5 Å². The Morgan fingerprint density at radius 3 is 2.43 bits per heavy atom. The first kappa shape index (κ1) is 11.3. The van der Waals surface area contributed by atoms with Crippen LogP contribution in [0.5, 0.6) is 0 Å². The number of anilines is 1. The smallest absolute Gasteiger partial charge is 0.0945 e. The van der Waals surface area contributed by atoms with Crippen LogP contribution in [0, 0.1) is 0 Å². The van der Waals surface area contributed by atoms with Gasteiger partial charge in [-0.05, 0) is 24.3 Å². The Bertz CT molecular complexity index is 276. The zero-order valence-corrected chi connectivity index (χ0v) is 8.78. The summed E-state index contributed by atoms with van der Waals surface area (Å²) in [5, 5.41) is 18.6. The lowest BCUT2D eigenvalue weighted by atomic mass is 10.2. The molecule has 0 radical (unpaired) electrons. The van der Waals surface area contributed by atoms with E-state index in [-0.39, 0.29) is 6.61 Å². The van der Waals surface area contributed by atoms with Gasteiger partial charge in [0.25, 0.3) is 0 Å². The van der Waals surface area contributed by atoms with Crippen LogP contribution in [0.2, 0.25) is 5.02 Å². The highest BCUT2D eigenvalue weighted by Crippen LogP contribution is 2.16. The Hall–Kier alpha value is -0.770. The van der Waals surface area contributed by atoms with Gasteiger partial charge in [-0.25, -0.2) is 0 Å². The lowest BCUT2D eigenvalue weighted by Crippen LogP contribution is -2.31. The molecule has 3 nitrogen and oxygen atoms in total. The number of hydrogen-bond donors (Lipinski definition) is 2. The van der Waals surface area contributed by atoms with Crippen molar-refractivity contribution in [3.63, 3.8) is 0 Å². The molecule has 78 valence electrons. The van der Waals surface area contributed by atoms with Crippen molar-refractivity contribution in [3.8, 4) is 0 Å². The average molecular weight is 216 g/mol. The lowest BCUT2D eigenvalue weighted by Gasteiger charge is -2.21. The van der Waals surface area contributed by atoms with Crippen molar-refractivity contribution in [2.75, 3.05) is 25.1 Å². The predicted octanol–water partition coefficient (Wildman–Crippen LogP) is 1.13. The van der Waals surface area contributed by atoms with Crippen molar-refractivity contribution < 1.29 is 10.2 Å². The van der Waals surface area contributed by atoms with Gasteiger partial charge in [-0.1, -0.05) is 11.6 Å². The van der Waals surface area contributed by atoms with Crippen LogP contribution in [0.4, 0.5) is 5.69 Å². The Kier molecular flexibility index (Phi) is 4.20. The second kappa shape index (κ2) is 5.20. The SMILES string of the molecule is CN(CC(O)CO)c1ccc(Cl)cc1. The number of benzene rings is 1. The van der Waals surface area contributed by atoms with Crippen molar-refractivity contribution in [2.24, 2.45) is 0 Å². The molecular weight excluding hydrogens is 202 g/mol. The van der Waals surface area contributed by atoms with Crippen molar-refractivity contribution in [3.05, 3.63) is 29.3 Å². The van der Waals surface area contributed by atoms with Crippen molar-refractivity contribution >= 4 is 17.3 Å². The molecule has 1 atom stereocenters. The topological polar surface area (TPSA) is 43.7 Å². The fourth-order valence-electron chi connectivity index (χ4n) is 1.17. The molecule has 0 aliphatic carbocycles. The molecule has 0 heterocycles. The van der Waals surface area contributed by atoms with Crippen LogP contribution < -0.4 is 4.90 Å². The number of halogens is 1. The zero-order chi connectivity index (χ0) is 10.6. The van der Waals surface area contributed by atoms with Gasteiger partial charge < -0.3 is 15.1 Å². The van der Waals surface area contributed by atoms with E-state index in [1.807, 2.05) is 24.1 Å². The standard InChI is InChI=1S/C10H14ClNO2/c1-12(6-10(14)7-13)9-4-2-8(11)3-5-9/h2-5,10,13-14H,6-7H2,1H3. The molecule has 1 unspecified atom stereocenters. The third-order valence-corrected chi connectivity index (χ3v) is 2.21. The summed E-state index contributed by atoms with van der Waals surface area (Å²) in [5.74, 6) is 0. The number of nitrogens with zero attached hydrogens (tertiary/aromatic N) is 1. The van der Waals surface area contributed by atoms with Gasteiger partial charge in [-0.2, -0.15) is 0 Å². The van der Waals surface area contributed by atoms with E-state index in [1.165, 1.54) is 0 Å². The van der Waals surface area contributed by atoms with Crippen LogP contribution in [0.15, 0.2) is 24.3 Å². The predicted molar refractivity (Wildman–Crippen MR) is 57.8 cm³/mol. The molecule has 4 heteroatoms. The largest absolute Gasteiger partial charge is 0.394 e. The molecule has 1 aromatic rings. The molecule has 0 fully saturated rings. The molecule has 1 aromatic carbocycles. The maximum atomic E-state index is 9.23. The van der Waals surface area contributed by atoms with Gasteiger partial charge >= 0.3 is 0 Å². The maximum Gasteiger partial charge on any atom is 0.0945 e. The van der Waals surface area contributed by atoms with E-state index in [0.717, 1.165) is 5.69 Å². The van der Waals surface area contributed by atoms with Gasteiger partial charge in [0.1, 0.15) is 0 Å². The first-order chi connectivity index (χ1) is 6.63. The van der Waals surface area contributed by atoms with Crippen LogP contribution in [0.3, 0.4) is 0 Å². The Morgan fingerprint density at radius 1 is 1.36 bits per heavy atom. The van der Waals surface area contributed by atoms with Crippen LogP contribution in [-0.4, -0.2) is 36.5 Å². The lowest BCUT2D eigenvalue weighted by molar-refractivity contribution is 0.101. The quantitative estimate of drug-likeness (QED) is 0.792. The van der Waals surface area contributed by atoms with E-state index in [1.54, 1.807) is 12.1 Å². The highest BCUT2D eigenvalue weighted by atomic mass is 35.5. The number of hydrogen-bond acceptors (Lipinski definition) is 3. The molecule has 0 amide bonds. The fraction of sp³-hybridized carbons (Fsp3) is 0.400. The molecule has 2 N–H and O–H groups in total. The first-order valence-corrected chi connectivity index (χ1v) is 4.77. The summed E-state index contributed by atoms with van der Waals surface area (Å²) in [6, 6.07) is 7.32. The molecule has 14 heavy (non-hydrogen) atoms. The van der Waals surface area contributed by atoms with E-state index in [0.29, 0.717) is 11.6 Å². The van der Waals surface area contributed by atoms with Gasteiger partial charge in [0.15, 0.2) is 0 Å². The monoisotopic (exact) mass is 215 g/mol. The summed E-state index contributed by atoms with van der Waals surface area (Å²) >= 11 is 5.74. The minimum absolute atomic E-state index is 0.224. The second-order valence-corrected chi connectivity index (χ2v) is 3.63. The highest BCUT2D eigenvalue weighted by Gasteiger charge is 2.06. The molecular formula is C10H14ClNO2. The molecule has 0 aliphatic heterocycles. The molecule has 0 bridgehead atoms. The minimum atomic E-state index is -0.712. The number of aliphatic hydroxyl groups is 2. The van der Waals surface area contributed by atoms with Crippen molar-refractivity contribution in [2.45, 2.75) is 6.10 Å². The van der Waals surface area contributed by atoms with E-state index >= 15 is 0 Å². The summed E-state index contributed by atoms with van der Waals surface area (Å²) in [7, 11) is 1.85. The van der Waals surface area contributed by atoms with Crippen molar-refractivity contribution in [1.29, 1.82) is 0 Å². The van der Waals surface area contributed by atoms with Gasteiger partial charge in [-0.3, -0.25) is 0 Å². The third kappa shape index (κ3) is 3.18. The molecule has 1 rings (SSSR count). The molecule has 0 saturated carbocycles. The van der Waals surface area contributed by atoms with Crippen LogP contribution in [-0.2, 0) is 0 Å². The second-order valence-electron chi connectivity index (χ2n) is 3.19. The van der Waals surface area contributed by atoms with E-state index in [9.17, 15) is 5.11 Å². The highest BCUT2D eigenvalue weighted by molar-refractivity contribution is 6.30. The number of rotatable bonds is 4. The zero-order valence-electron chi connectivity index (χ0n) is 8.02. The van der Waals surface area contributed by atoms with Gasteiger partial charge in [-0.15, -0.1) is 0 Å². The van der Waals surface area contributed by atoms with Crippen LogP contribution >= 0.6 is 11.6 Å². The fourth-order valence-corrected chi connectivity index (χ4v) is 1.30. The van der Waals surface area contributed by atoms with Gasteiger partial charge in [0, 0.05) is 24.3 Å². The minimum Gasteiger partial charge on any atom is -0.394 e. The molecule has 0 aliphatic rings. The summed E-state index contributed by atoms with van der Waals surface area (Å²) in [6.45, 7) is 0.177. The van der Waals surface area contributed by atoms with Gasteiger partial charge in [0.2, 0.25) is 0 Å². The van der Waals surface area contributed by atoms with Gasteiger partial charge in [0.05, 0.1) is 12.7 Å². The number of aliphatic hydroxyl groups excluding tert-OH is 2. The van der Waals surface area contributed by atoms with E-state index in [2.05, 4.69) is 0 Å². The van der Waals surface area contributed by atoms with Crippen LogP contribution in [0.25, 0.3) is 0 Å². The first-order valence-electron chi connectivity index (χ1n) is 4.39. The average Bonchev–Trinajstić information content (AvgIpc) is 2.18. The van der Waals surface area contributed by atoms with Crippen molar-refractivity contribution in [1.82, 2.24) is 0 Å². The normalized spacial score (nSPS) is 12.6. The molecule has 0 saturated heterocycles. The maximum absolute atomic E-state index is 9.23. The Morgan fingerprint density at radius 2 is 1.93 bits per heavy atom. The summed E-state index contributed by atoms with van der Waals surface area (Å²) in [6.07, 6.45) is -0.712. The summed E-state index contributed by atoms with van der Waals surface area (Å²) < 4.78 is 0.